The first-order valence-corrected chi connectivity index (χ1v) is 14.6. The molecule has 2 amide bonds. The van der Waals surface area contributed by atoms with Crippen LogP contribution in [0.25, 0.3) is 22.5 Å². The number of fused-ring (bicyclic) bond motifs is 2. The van der Waals surface area contributed by atoms with Gasteiger partial charge in [0, 0.05) is 54.8 Å². The SMILES string of the molecule is C.CC(C)NC(=O)c1cccc(Oc2ccnc3[nH]c(=O)oc23)c1.CC(C)NC(=O)c1cccc(Oc2ccnc3c2oc(=O)n3C)c1. The Hall–Kier alpha value is -6.18. The molecule has 4 aromatic heterocycles. The molecule has 250 valence electrons. The minimum atomic E-state index is -0.603. The number of nitrogens with one attached hydrogen (secondary N) is 3. The van der Waals surface area contributed by atoms with E-state index in [-0.39, 0.29) is 42.5 Å². The zero-order chi connectivity index (χ0) is 33.7. The van der Waals surface area contributed by atoms with Gasteiger partial charge in [-0.1, -0.05) is 19.6 Å². The molecule has 0 radical (unpaired) electrons. The molecule has 0 atom stereocenters. The Labute approximate surface area is 274 Å². The van der Waals surface area contributed by atoms with Crippen molar-refractivity contribution < 1.29 is 27.9 Å². The Morgan fingerprint density at radius 1 is 0.771 bits per heavy atom. The van der Waals surface area contributed by atoms with Gasteiger partial charge in [0.25, 0.3) is 11.8 Å². The summed E-state index contributed by atoms with van der Waals surface area (Å²) in [5, 5.41) is 5.64. The summed E-state index contributed by atoms with van der Waals surface area (Å²) in [7, 11) is 1.57. The molecule has 14 heteroatoms. The fourth-order valence-corrected chi connectivity index (χ4v) is 4.34. The highest BCUT2D eigenvalue weighted by molar-refractivity contribution is 5.95. The summed E-state index contributed by atoms with van der Waals surface area (Å²) < 4.78 is 23.0. The van der Waals surface area contributed by atoms with Crippen molar-refractivity contribution in [3.8, 4) is 23.0 Å². The zero-order valence-corrected chi connectivity index (χ0v) is 26.2. The van der Waals surface area contributed by atoms with Crippen LogP contribution in [0.15, 0.2) is 91.5 Å². The number of benzene rings is 2. The van der Waals surface area contributed by atoms with Gasteiger partial charge in [-0.2, -0.15) is 0 Å². The number of oxazole rings is 2. The minimum absolute atomic E-state index is 0. The fourth-order valence-electron chi connectivity index (χ4n) is 4.34. The molecule has 48 heavy (non-hydrogen) atoms. The van der Waals surface area contributed by atoms with Crippen molar-refractivity contribution in [1.29, 1.82) is 0 Å². The van der Waals surface area contributed by atoms with Crippen LogP contribution in [-0.2, 0) is 7.05 Å². The van der Waals surface area contributed by atoms with Gasteiger partial charge in [-0.05, 0) is 64.1 Å². The van der Waals surface area contributed by atoms with Crippen molar-refractivity contribution in [2.75, 3.05) is 0 Å². The molecule has 14 nitrogen and oxygen atoms in total. The van der Waals surface area contributed by atoms with Gasteiger partial charge in [0.05, 0.1) is 0 Å². The molecule has 0 fully saturated rings. The third-order valence-corrected chi connectivity index (χ3v) is 6.40. The van der Waals surface area contributed by atoms with Crippen LogP contribution in [0.2, 0.25) is 0 Å². The second-order valence-electron chi connectivity index (χ2n) is 10.9. The van der Waals surface area contributed by atoms with Crippen LogP contribution in [-0.4, -0.2) is 43.4 Å². The Balaban J connectivity index is 0.000000212. The van der Waals surface area contributed by atoms with E-state index in [1.807, 2.05) is 27.7 Å². The number of H-pyrrole nitrogens is 1. The molecule has 0 saturated heterocycles. The summed E-state index contributed by atoms with van der Waals surface area (Å²) in [6.45, 7) is 7.56. The predicted octanol–water partition coefficient (Wildman–Crippen LogP) is 5.54. The van der Waals surface area contributed by atoms with Crippen LogP contribution in [0.5, 0.6) is 23.0 Å². The number of amides is 2. The van der Waals surface area contributed by atoms with Crippen molar-refractivity contribution in [3.63, 3.8) is 0 Å². The summed E-state index contributed by atoms with van der Waals surface area (Å²) in [5.74, 6) is 0.143. The smallest absolute Gasteiger partial charge is 0.421 e. The molecule has 6 aromatic rings. The number of carbonyl (C=O) groups is 2. The Morgan fingerprint density at radius 3 is 1.83 bits per heavy atom. The number of ether oxygens (including phenoxy) is 2. The molecule has 0 aliphatic rings. The van der Waals surface area contributed by atoms with Gasteiger partial charge in [-0.3, -0.25) is 19.1 Å². The molecule has 0 spiro atoms. The summed E-state index contributed by atoms with van der Waals surface area (Å²) in [6.07, 6.45) is 3.03. The Kier molecular flexibility index (Phi) is 10.8. The lowest BCUT2D eigenvalue weighted by atomic mass is 10.2. The van der Waals surface area contributed by atoms with Crippen molar-refractivity contribution in [1.82, 2.24) is 30.2 Å². The first-order chi connectivity index (χ1) is 22.5. The van der Waals surface area contributed by atoms with Crippen LogP contribution in [0.1, 0.15) is 55.8 Å². The van der Waals surface area contributed by atoms with Crippen molar-refractivity contribution in [2.45, 2.75) is 47.2 Å². The first-order valence-electron chi connectivity index (χ1n) is 14.6. The molecular formula is C34H36N6O8. The van der Waals surface area contributed by atoms with Crippen LogP contribution in [0.3, 0.4) is 0 Å². The van der Waals surface area contributed by atoms with Gasteiger partial charge in [-0.15, -0.1) is 0 Å². The monoisotopic (exact) mass is 656 g/mol. The van der Waals surface area contributed by atoms with E-state index < -0.39 is 11.5 Å². The number of hydrogen-bond donors (Lipinski definition) is 3. The highest BCUT2D eigenvalue weighted by Gasteiger charge is 2.15. The van der Waals surface area contributed by atoms with Crippen LogP contribution in [0, 0.1) is 0 Å². The van der Waals surface area contributed by atoms with Crippen LogP contribution >= 0.6 is 0 Å². The summed E-state index contributed by atoms with van der Waals surface area (Å²) in [4.78, 5) is 57.6. The van der Waals surface area contributed by atoms with Crippen molar-refractivity contribution in [2.24, 2.45) is 7.05 Å². The van der Waals surface area contributed by atoms with Gasteiger partial charge >= 0.3 is 11.5 Å². The van der Waals surface area contributed by atoms with Crippen LogP contribution in [0.4, 0.5) is 0 Å². The molecule has 6 rings (SSSR count). The molecule has 0 bridgehead atoms. The quantitative estimate of drug-likeness (QED) is 0.188. The maximum Gasteiger partial charge on any atom is 0.421 e. The van der Waals surface area contributed by atoms with E-state index in [0.717, 1.165) is 0 Å². The van der Waals surface area contributed by atoms with E-state index in [1.54, 1.807) is 67.7 Å². The number of rotatable bonds is 8. The van der Waals surface area contributed by atoms with Gasteiger partial charge < -0.3 is 28.9 Å². The fraction of sp³-hybridized carbons (Fsp3) is 0.235. The lowest BCUT2D eigenvalue weighted by Crippen LogP contribution is -2.29. The highest BCUT2D eigenvalue weighted by atomic mass is 16.5. The first kappa shape index (κ1) is 34.7. The van der Waals surface area contributed by atoms with Crippen LogP contribution < -0.4 is 31.6 Å². The maximum absolute atomic E-state index is 12.1. The highest BCUT2D eigenvalue weighted by Crippen LogP contribution is 2.29. The van der Waals surface area contributed by atoms with E-state index in [4.69, 9.17) is 18.3 Å². The Bertz CT molecular complexity index is 2180. The topological polar surface area (TPSA) is 184 Å². The second-order valence-corrected chi connectivity index (χ2v) is 10.9. The predicted molar refractivity (Wildman–Crippen MR) is 179 cm³/mol. The number of aromatic amines is 1. The van der Waals surface area contributed by atoms with Gasteiger partial charge in [0.2, 0.25) is 11.2 Å². The lowest BCUT2D eigenvalue weighted by molar-refractivity contribution is 0.0934. The number of aromatic nitrogens is 4. The number of aryl methyl sites for hydroxylation is 1. The summed E-state index contributed by atoms with van der Waals surface area (Å²) in [6, 6.07) is 16.8. The van der Waals surface area contributed by atoms with E-state index in [0.29, 0.717) is 45.4 Å². The second kappa shape index (κ2) is 14.9. The standard InChI is InChI=1S/C17H17N3O4.C16H15N3O4.CH4/c1-10(2)19-16(21)11-5-4-6-12(9-11)23-13-7-8-18-15-14(13)24-17(22)20(15)3;1-9(2)18-15(20)10-4-3-5-11(8-10)22-12-6-7-17-14-13(12)23-16(21)19-14;/h4-10H,1-3H3,(H,19,21);3-9H,1-2H3,(H,18,20)(H,17,19,21);1H4. The van der Waals surface area contributed by atoms with E-state index >= 15 is 0 Å². The van der Waals surface area contributed by atoms with Gasteiger partial charge in [0.1, 0.15) is 11.5 Å². The number of hydrogen-bond acceptors (Lipinski definition) is 10. The van der Waals surface area contributed by atoms with Crippen molar-refractivity contribution >= 4 is 34.3 Å². The molecule has 0 aliphatic carbocycles. The number of nitrogens with zero attached hydrogens (tertiary/aromatic N) is 3. The largest absolute Gasteiger partial charge is 0.453 e. The molecule has 0 saturated carbocycles. The van der Waals surface area contributed by atoms with Gasteiger partial charge in [0.15, 0.2) is 22.8 Å². The average molecular weight is 657 g/mol. The molecule has 3 N–H and O–H groups in total. The number of pyridine rings is 2. The molecule has 0 unspecified atom stereocenters. The van der Waals surface area contributed by atoms with E-state index in [2.05, 4.69) is 25.6 Å². The molecule has 0 aliphatic heterocycles. The molecular weight excluding hydrogens is 620 g/mol. The third-order valence-electron chi connectivity index (χ3n) is 6.40. The molecule has 4 heterocycles. The normalized spacial score (nSPS) is 10.7. The van der Waals surface area contributed by atoms with E-state index in [1.165, 1.54) is 17.0 Å². The van der Waals surface area contributed by atoms with Gasteiger partial charge in [-0.25, -0.2) is 19.6 Å². The van der Waals surface area contributed by atoms with Crippen molar-refractivity contribution in [3.05, 3.63) is 105 Å². The average Bonchev–Trinajstić information content (AvgIpc) is 3.56. The zero-order valence-electron chi connectivity index (χ0n) is 26.2. The minimum Gasteiger partial charge on any atom is -0.453 e. The Morgan fingerprint density at radius 2 is 1.29 bits per heavy atom. The summed E-state index contributed by atoms with van der Waals surface area (Å²) >= 11 is 0. The van der Waals surface area contributed by atoms with E-state index in [9.17, 15) is 19.2 Å². The summed E-state index contributed by atoms with van der Waals surface area (Å²) in [5.41, 5.74) is 2.17. The maximum atomic E-state index is 12.1. The third kappa shape index (κ3) is 8.15. The lowest BCUT2D eigenvalue weighted by Gasteiger charge is -2.10. The molecule has 2 aromatic carbocycles. The number of carbonyl (C=O) groups excluding carboxylic acids is 2.